The lowest BCUT2D eigenvalue weighted by Crippen LogP contribution is -2.50. The highest BCUT2D eigenvalue weighted by Gasteiger charge is 2.46. The van der Waals surface area contributed by atoms with Gasteiger partial charge in [-0.1, -0.05) is 48.5 Å². The third kappa shape index (κ3) is 4.79. The second-order valence-corrected chi connectivity index (χ2v) is 9.68. The fourth-order valence-electron chi connectivity index (χ4n) is 5.59. The molecule has 2 heterocycles. The van der Waals surface area contributed by atoms with E-state index in [9.17, 15) is 9.59 Å². The molecule has 2 atom stereocenters. The lowest BCUT2D eigenvalue weighted by Gasteiger charge is -2.45. The molecule has 192 valence electrons. The largest absolute Gasteiger partial charge is 0.493 e. The van der Waals surface area contributed by atoms with E-state index in [1.165, 1.54) is 5.56 Å². The average Bonchev–Trinajstić information content (AvgIpc) is 2.92. The summed E-state index contributed by atoms with van der Waals surface area (Å²) in [4.78, 5) is 31.4. The molecule has 0 aromatic heterocycles. The maximum absolute atomic E-state index is 13.8. The van der Waals surface area contributed by atoms with Crippen LogP contribution in [0.5, 0.6) is 11.5 Å². The fourth-order valence-corrected chi connectivity index (χ4v) is 5.59. The summed E-state index contributed by atoms with van der Waals surface area (Å²) >= 11 is 0. The van der Waals surface area contributed by atoms with Crippen LogP contribution in [0.3, 0.4) is 0 Å². The number of nitrogens with one attached hydrogen (secondary N) is 1. The number of ether oxygens (including phenoxy) is 2. The van der Waals surface area contributed by atoms with Crippen LogP contribution >= 0.6 is 0 Å². The maximum Gasteiger partial charge on any atom is 0.254 e. The van der Waals surface area contributed by atoms with Crippen LogP contribution < -0.4 is 14.8 Å². The third-order valence-electron chi connectivity index (χ3n) is 7.40. The normalized spacial score (nSPS) is 18.1. The third-order valence-corrected chi connectivity index (χ3v) is 7.40. The van der Waals surface area contributed by atoms with Crippen LogP contribution in [-0.4, -0.2) is 62.5 Å². The monoisotopic (exact) mass is 499 g/mol. The zero-order valence-corrected chi connectivity index (χ0v) is 21.6. The van der Waals surface area contributed by atoms with E-state index in [1.807, 2.05) is 66.5 Å². The summed E-state index contributed by atoms with van der Waals surface area (Å²) in [6.07, 6.45) is 0.693. The van der Waals surface area contributed by atoms with Gasteiger partial charge in [0.2, 0.25) is 5.91 Å². The number of hydrogen-bond donors (Lipinski definition) is 1. The summed E-state index contributed by atoms with van der Waals surface area (Å²) in [5.74, 6) is 0.611. The van der Waals surface area contributed by atoms with Gasteiger partial charge in [-0.25, -0.2) is 0 Å². The molecule has 0 aliphatic carbocycles. The van der Waals surface area contributed by atoms with Gasteiger partial charge in [-0.05, 0) is 53.9 Å². The van der Waals surface area contributed by atoms with Crippen LogP contribution in [0.1, 0.15) is 44.6 Å². The predicted octanol–water partition coefficient (Wildman–Crippen LogP) is 3.79. The van der Waals surface area contributed by atoms with Crippen molar-refractivity contribution >= 4 is 11.8 Å². The Labute approximate surface area is 218 Å². The number of fused-ring (bicyclic) bond motifs is 4. The van der Waals surface area contributed by atoms with Crippen molar-refractivity contribution in [2.45, 2.75) is 24.9 Å². The molecule has 0 saturated heterocycles. The molecule has 37 heavy (non-hydrogen) atoms. The summed E-state index contributed by atoms with van der Waals surface area (Å²) in [5, 5.41) is 3.17. The molecule has 3 aromatic rings. The van der Waals surface area contributed by atoms with Gasteiger partial charge in [-0.2, -0.15) is 0 Å². The number of amides is 2. The van der Waals surface area contributed by atoms with Crippen molar-refractivity contribution in [3.05, 3.63) is 94.5 Å². The van der Waals surface area contributed by atoms with Crippen molar-refractivity contribution in [2.24, 2.45) is 0 Å². The predicted molar refractivity (Wildman–Crippen MR) is 142 cm³/mol. The summed E-state index contributed by atoms with van der Waals surface area (Å²) in [7, 11) is 5.26. The van der Waals surface area contributed by atoms with Crippen molar-refractivity contribution in [3.8, 4) is 11.5 Å². The molecule has 2 aliphatic rings. The zero-order valence-electron chi connectivity index (χ0n) is 21.6. The highest BCUT2D eigenvalue weighted by Crippen LogP contribution is 2.48. The van der Waals surface area contributed by atoms with E-state index in [-0.39, 0.29) is 11.8 Å². The fraction of sp³-hybridized carbons (Fsp3) is 0.333. The van der Waals surface area contributed by atoms with Gasteiger partial charge in [0, 0.05) is 31.7 Å². The molecule has 3 aromatic carbocycles. The number of nitrogens with zero attached hydrogens (tertiary/aromatic N) is 2. The first-order chi connectivity index (χ1) is 18.0. The van der Waals surface area contributed by atoms with Crippen molar-refractivity contribution in [2.75, 3.05) is 40.9 Å². The Kier molecular flexibility index (Phi) is 7.15. The van der Waals surface area contributed by atoms with Crippen LogP contribution in [0.4, 0.5) is 0 Å². The van der Waals surface area contributed by atoms with E-state index in [0.29, 0.717) is 43.1 Å². The summed E-state index contributed by atoms with van der Waals surface area (Å²) in [5.41, 5.74) is 4.62. The highest BCUT2D eigenvalue weighted by molar-refractivity contribution is 6.01. The number of rotatable bonds is 8. The standard InChI is InChI=1S/C30H33N3O4/c1-32(19-20-9-5-4-6-10-20)16-14-31-29(34)27-22-11-7-8-12-23(22)30(35)33-15-13-21-17-25(36-2)26(37-3)18-24(21)28(27)33/h4-12,17-18,27-28H,13-16,19H2,1-3H3,(H,31,34)/t27-,28-/m0/s1. The maximum atomic E-state index is 13.8. The molecule has 0 fully saturated rings. The van der Waals surface area contributed by atoms with Crippen molar-refractivity contribution in [1.82, 2.24) is 15.1 Å². The van der Waals surface area contributed by atoms with Gasteiger partial charge in [0.15, 0.2) is 11.5 Å². The molecule has 0 spiro atoms. The molecule has 5 rings (SSSR count). The SMILES string of the molecule is COc1cc2c(cc1OC)[C@H]1[C@@H](C(=O)NCCN(C)Cc3ccccc3)c3ccccc3C(=O)N1CC2. The minimum absolute atomic E-state index is 0.0346. The molecule has 2 amide bonds. The van der Waals surface area contributed by atoms with E-state index >= 15 is 0 Å². The number of carbonyl (C=O) groups excluding carboxylic acids is 2. The van der Waals surface area contributed by atoms with E-state index in [2.05, 4.69) is 22.3 Å². The van der Waals surface area contributed by atoms with Crippen molar-refractivity contribution in [3.63, 3.8) is 0 Å². The Morgan fingerprint density at radius 2 is 1.70 bits per heavy atom. The Morgan fingerprint density at radius 3 is 2.46 bits per heavy atom. The molecular formula is C30H33N3O4. The number of methoxy groups -OCH3 is 2. The number of likely N-dealkylation sites (N-methyl/N-ethyl adjacent to an activating group) is 1. The Bertz CT molecular complexity index is 1290. The van der Waals surface area contributed by atoms with Gasteiger partial charge in [0.25, 0.3) is 5.91 Å². The number of hydrogen-bond acceptors (Lipinski definition) is 5. The quantitative estimate of drug-likeness (QED) is 0.511. The second kappa shape index (κ2) is 10.6. The Balaban J connectivity index is 1.42. The molecule has 0 unspecified atom stereocenters. The van der Waals surface area contributed by atoms with E-state index < -0.39 is 12.0 Å². The molecule has 0 radical (unpaired) electrons. The van der Waals surface area contributed by atoms with Gasteiger partial charge >= 0.3 is 0 Å². The van der Waals surface area contributed by atoms with Crippen LogP contribution in [0.2, 0.25) is 0 Å². The minimum Gasteiger partial charge on any atom is -0.493 e. The van der Waals surface area contributed by atoms with Crippen molar-refractivity contribution in [1.29, 1.82) is 0 Å². The molecule has 7 heteroatoms. The highest BCUT2D eigenvalue weighted by atomic mass is 16.5. The first-order valence-electron chi connectivity index (χ1n) is 12.7. The minimum atomic E-state index is -0.523. The van der Waals surface area contributed by atoms with Gasteiger partial charge in [0.05, 0.1) is 26.2 Å². The van der Waals surface area contributed by atoms with Gasteiger partial charge in [-0.3, -0.25) is 9.59 Å². The zero-order chi connectivity index (χ0) is 25.9. The van der Waals surface area contributed by atoms with Gasteiger partial charge in [-0.15, -0.1) is 0 Å². The topological polar surface area (TPSA) is 71.1 Å². The molecule has 1 N–H and O–H groups in total. The van der Waals surface area contributed by atoms with E-state index in [4.69, 9.17) is 9.47 Å². The number of carbonyl (C=O) groups is 2. The molecule has 2 aliphatic heterocycles. The average molecular weight is 500 g/mol. The first-order valence-corrected chi connectivity index (χ1v) is 12.7. The van der Waals surface area contributed by atoms with Crippen molar-refractivity contribution < 1.29 is 19.1 Å². The van der Waals surface area contributed by atoms with Crippen LogP contribution in [-0.2, 0) is 17.8 Å². The molecular weight excluding hydrogens is 466 g/mol. The first kappa shape index (κ1) is 24.8. The smallest absolute Gasteiger partial charge is 0.254 e. The van der Waals surface area contributed by atoms with E-state index in [1.54, 1.807) is 14.2 Å². The van der Waals surface area contributed by atoms with Crippen LogP contribution in [0, 0.1) is 0 Å². The second-order valence-electron chi connectivity index (χ2n) is 9.68. The summed E-state index contributed by atoms with van der Waals surface area (Å²) in [6, 6.07) is 21.3. The molecule has 7 nitrogen and oxygen atoms in total. The van der Waals surface area contributed by atoms with E-state index in [0.717, 1.165) is 23.2 Å². The summed E-state index contributed by atoms with van der Waals surface area (Å²) in [6.45, 7) is 2.58. The Morgan fingerprint density at radius 1 is 1.00 bits per heavy atom. The van der Waals surface area contributed by atoms with Crippen LogP contribution in [0.15, 0.2) is 66.7 Å². The number of benzene rings is 3. The van der Waals surface area contributed by atoms with Gasteiger partial charge in [0.1, 0.15) is 0 Å². The Hall–Kier alpha value is -3.84. The summed E-state index contributed by atoms with van der Waals surface area (Å²) < 4.78 is 11.1. The molecule has 0 bridgehead atoms. The van der Waals surface area contributed by atoms with Crippen LogP contribution in [0.25, 0.3) is 0 Å². The lowest BCUT2D eigenvalue weighted by atomic mass is 9.75. The lowest BCUT2D eigenvalue weighted by molar-refractivity contribution is -0.124. The van der Waals surface area contributed by atoms with Gasteiger partial charge < -0.3 is 24.6 Å². The molecule has 0 saturated carbocycles.